The molecular weight excluding hydrogens is 270 g/mol. The highest BCUT2D eigenvalue weighted by molar-refractivity contribution is 5.90. The minimum atomic E-state index is -0.0545. The number of carbonyl (C=O) groups excluding carboxylic acids is 1. The summed E-state index contributed by atoms with van der Waals surface area (Å²) in [6, 6.07) is 7.38. The average molecular weight is 293 g/mol. The maximum atomic E-state index is 11.5. The average Bonchev–Trinajstić information content (AvgIpc) is 2.53. The Hall–Kier alpha value is -1.59. The molecule has 0 bridgehead atoms. The number of hydrogen-bond donors (Lipinski definition) is 1. The Bertz CT molecular complexity index is 426. The summed E-state index contributed by atoms with van der Waals surface area (Å²) < 4.78 is 16.2. The molecule has 1 heterocycles. The van der Waals surface area contributed by atoms with E-state index in [2.05, 4.69) is 5.32 Å². The van der Waals surface area contributed by atoms with Crippen molar-refractivity contribution in [1.82, 2.24) is 0 Å². The fourth-order valence-electron chi connectivity index (χ4n) is 2.18. The highest BCUT2D eigenvalue weighted by atomic mass is 16.5. The number of anilines is 1. The lowest BCUT2D eigenvalue weighted by atomic mass is 10.1. The minimum Gasteiger partial charge on any atom is -0.491 e. The summed E-state index contributed by atoms with van der Waals surface area (Å²) in [6.07, 6.45) is 3.97. The molecule has 0 aromatic heterocycles. The van der Waals surface area contributed by atoms with Gasteiger partial charge in [-0.2, -0.15) is 0 Å². The van der Waals surface area contributed by atoms with Crippen LogP contribution in [0.3, 0.4) is 0 Å². The van der Waals surface area contributed by atoms with Crippen LogP contribution in [0.5, 0.6) is 5.75 Å². The summed E-state index contributed by atoms with van der Waals surface area (Å²) in [5.41, 5.74) is 0.761. The molecule has 1 N–H and O–H groups in total. The maximum Gasteiger partial charge on any atom is 0.226 e. The molecule has 1 atom stereocenters. The second-order valence-electron chi connectivity index (χ2n) is 5.11. The molecule has 5 nitrogen and oxygen atoms in total. The van der Waals surface area contributed by atoms with E-state index in [0.29, 0.717) is 19.6 Å². The summed E-state index contributed by atoms with van der Waals surface area (Å²) in [6.45, 7) is 1.84. The standard InChI is InChI=1S/C16H23NO4/c1-19-11-9-16(18)17-13-5-7-14(8-6-13)21-12-15-4-2-3-10-20-15/h5-8,15H,2-4,9-12H2,1H3,(H,17,18). The number of ether oxygens (including phenoxy) is 3. The molecule has 1 aliphatic heterocycles. The van der Waals surface area contributed by atoms with Crippen molar-refractivity contribution in [1.29, 1.82) is 0 Å². The number of rotatable bonds is 7. The van der Waals surface area contributed by atoms with E-state index in [9.17, 15) is 4.79 Å². The Balaban J connectivity index is 1.74. The fraction of sp³-hybridized carbons (Fsp3) is 0.562. The van der Waals surface area contributed by atoms with Crippen molar-refractivity contribution in [3.8, 4) is 5.75 Å². The number of hydrogen-bond acceptors (Lipinski definition) is 4. The predicted octanol–water partition coefficient (Wildman–Crippen LogP) is 2.61. The zero-order valence-corrected chi connectivity index (χ0v) is 12.5. The van der Waals surface area contributed by atoms with Gasteiger partial charge in [0.15, 0.2) is 0 Å². The van der Waals surface area contributed by atoms with Crippen LogP contribution in [0.2, 0.25) is 0 Å². The van der Waals surface area contributed by atoms with Crippen LogP contribution in [0.4, 0.5) is 5.69 Å². The van der Waals surface area contributed by atoms with Gasteiger partial charge < -0.3 is 19.5 Å². The van der Waals surface area contributed by atoms with Crippen LogP contribution >= 0.6 is 0 Å². The van der Waals surface area contributed by atoms with Crippen LogP contribution in [-0.2, 0) is 14.3 Å². The second kappa shape index (κ2) is 8.64. The zero-order valence-electron chi connectivity index (χ0n) is 12.5. The molecule has 1 aromatic rings. The molecule has 5 heteroatoms. The van der Waals surface area contributed by atoms with Gasteiger partial charge in [0.2, 0.25) is 5.91 Å². The number of nitrogens with one attached hydrogen (secondary N) is 1. The summed E-state index contributed by atoms with van der Waals surface area (Å²) in [7, 11) is 1.58. The van der Waals surface area contributed by atoms with Crippen LogP contribution in [-0.4, -0.2) is 38.9 Å². The zero-order chi connectivity index (χ0) is 14.9. The van der Waals surface area contributed by atoms with Gasteiger partial charge in [-0.3, -0.25) is 4.79 Å². The molecule has 116 valence electrons. The Morgan fingerprint density at radius 3 is 2.81 bits per heavy atom. The van der Waals surface area contributed by atoms with Crippen molar-refractivity contribution >= 4 is 11.6 Å². The van der Waals surface area contributed by atoms with Crippen molar-refractivity contribution < 1.29 is 19.0 Å². The summed E-state index contributed by atoms with van der Waals surface area (Å²) >= 11 is 0. The van der Waals surface area contributed by atoms with Gasteiger partial charge in [0.25, 0.3) is 0 Å². The topological polar surface area (TPSA) is 56.8 Å². The molecule has 1 aromatic carbocycles. The van der Waals surface area contributed by atoms with Crippen molar-refractivity contribution in [3.63, 3.8) is 0 Å². The lowest BCUT2D eigenvalue weighted by Crippen LogP contribution is -2.25. The van der Waals surface area contributed by atoms with E-state index in [1.54, 1.807) is 7.11 Å². The number of benzene rings is 1. The Labute approximate surface area is 125 Å². The Morgan fingerprint density at radius 1 is 1.33 bits per heavy atom. The lowest BCUT2D eigenvalue weighted by Gasteiger charge is -2.22. The van der Waals surface area contributed by atoms with Gasteiger partial charge in [-0.15, -0.1) is 0 Å². The van der Waals surface area contributed by atoms with Gasteiger partial charge in [-0.25, -0.2) is 0 Å². The van der Waals surface area contributed by atoms with Crippen LogP contribution in [0, 0.1) is 0 Å². The third-order valence-corrected chi connectivity index (χ3v) is 3.38. The molecule has 1 amide bonds. The maximum absolute atomic E-state index is 11.5. The Morgan fingerprint density at radius 2 is 2.14 bits per heavy atom. The predicted molar refractivity (Wildman–Crippen MR) is 80.7 cm³/mol. The molecule has 1 saturated heterocycles. The van der Waals surface area contributed by atoms with E-state index in [1.165, 1.54) is 6.42 Å². The molecule has 2 rings (SSSR count). The third kappa shape index (κ3) is 5.73. The first-order valence-corrected chi connectivity index (χ1v) is 7.41. The van der Waals surface area contributed by atoms with Gasteiger partial charge >= 0.3 is 0 Å². The van der Waals surface area contributed by atoms with Gasteiger partial charge in [0, 0.05) is 19.4 Å². The molecule has 21 heavy (non-hydrogen) atoms. The first kappa shape index (κ1) is 15.8. The van der Waals surface area contributed by atoms with E-state index in [1.807, 2.05) is 24.3 Å². The molecule has 1 aliphatic rings. The molecule has 0 spiro atoms. The number of methoxy groups -OCH3 is 1. The smallest absolute Gasteiger partial charge is 0.226 e. The van der Waals surface area contributed by atoms with E-state index < -0.39 is 0 Å². The number of amides is 1. The summed E-state index contributed by atoms with van der Waals surface area (Å²) in [4.78, 5) is 11.5. The normalized spacial score (nSPS) is 18.2. The van der Waals surface area contributed by atoms with E-state index >= 15 is 0 Å². The minimum absolute atomic E-state index is 0.0545. The first-order chi connectivity index (χ1) is 10.3. The fourth-order valence-corrected chi connectivity index (χ4v) is 2.18. The third-order valence-electron chi connectivity index (χ3n) is 3.38. The van der Waals surface area contributed by atoms with Crippen LogP contribution in [0.15, 0.2) is 24.3 Å². The van der Waals surface area contributed by atoms with E-state index in [4.69, 9.17) is 14.2 Å². The first-order valence-electron chi connectivity index (χ1n) is 7.41. The van der Waals surface area contributed by atoms with Crippen molar-refractivity contribution in [2.45, 2.75) is 31.8 Å². The highest BCUT2D eigenvalue weighted by Gasteiger charge is 2.14. The molecule has 1 unspecified atom stereocenters. The largest absolute Gasteiger partial charge is 0.491 e. The van der Waals surface area contributed by atoms with Crippen LogP contribution in [0.25, 0.3) is 0 Å². The second-order valence-corrected chi connectivity index (χ2v) is 5.11. The molecular formula is C16H23NO4. The monoisotopic (exact) mass is 293 g/mol. The SMILES string of the molecule is COCCC(=O)Nc1ccc(OCC2CCCCO2)cc1. The molecule has 1 fully saturated rings. The van der Waals surface area contributed by atoms with Crippen LogP contribution < -0.4 is 10.1 Å². The van der Waals surface area contributed by atoms with Gasteiger partial charge in [-0.1, -0.05) is 0 Å². The van der Waals surface area contributed by atoms with Gasteiger partial charge in [-0.05, 0) is 43.5 Å². The van der Waals surface area contributed by atoms with Gasteiger partial charge in [0.05, 0.1) is 19.1 Å². The van der Waals surface area contributed by atoms with Crippen LogP contribution in [0.1, 0.15) is 25.7 Å². The quantitative estimate of drug-likeness (QED) is 0.839. The highest BCUT2D eigenvalue weighted by Crippen LogP contribution is 2.18. The summed E-state index contributed by atoms with van der Waals surface area (Å²) in [5.74, 6) is 0.736. The van der Waals surface area contributed by atoms with E-state index in [0.717, 1.165) is 30.9 Å². The molecule has 0 saturated carbocycles. The van der Waals surface area contributed by atoms with Gasteiger partial charge in [0.1, 0.15) is 12.4 Å². The molecule has 0 aliphatic carbocycles. The van der Waals surface area contributed by atoms with Crippen molar-refractivity contribution in [2.24, 2.45) is 0 Å². The Kier molecular flexibility index (Phi) is 6.50. The number of carbonyl (C=O) groups is 1. The van der Waals surface area contributed by atoms with E-state index in [-0.39, 0.29) is 12.0 Å². The lowest BCUT2D eigenvalue weighted by molar-refractivity contribution is -0.117. The van der Waals surface area contributed by atoms with Crippen molar-refractivity contribution in [3.05, 3.63) is 24.3 Å². The van der Waals surface area contributed by atoms with Crippen molar-refractivity contribution in [2.75, 3.05) is 32.2 Å². The summed E-state index contributed by atoms with van der Waals surface area (Å²) in [5, 5.41) is 2.81. The molecule has 0 radical (unpaired) electrons.